The lowest BCUT2D eigenvalue weighted by molar-refractivity contribution is 0.0558. The number of hydrogen-bond acceptors (Lipinski definition) is 13. The van der Waals surface area contributed by atoms with Crippen molar-refractivity contribution in [2.24, 2.45) is 5.92 Å². The van der Waals surface area contributed by atoms with Gasteiger partial charge in [-0.15, -0.1) is 90.7 Å². The molecule has 11 rings (SSSR count). The molecular weight excluding hydrogens is 1760 g/mol. The molecule has 0 radical (unpaired) electrons. The number of amides is 5. The van der Waals surface area contributed by atoms with Crippen molar-refractivity contribution >= 4 is 126 Å². The van der Waals surface area contributed by atoms with Crippen LogP contribution in [0.25, 0.3) is 54.5 Å². The van der Waals surface area contributed by atoms with Crippen LogP contribution >= 0.6 is 90.7 Å². The Balaban J connectivity index is 0.000000235. The molecule has 1 atom stereocenters. The molecule has 0 aromatic carbocycles. The average Bonchev–Trinajstić information content (AvgIpc) is 1.60. The molecular formula is C115H173N3O5S8. The highest BCUT2D eigenvalue weighted by molar-refractivity contribution is 7.29. The van der Waals surface area contributed by atoms with E-state index in [0.717, 1.165) is 130 Å². The summed E-state index contributed by atoms with van der Waals surface area (Å²) in [6.07, 6.45) is 73.5. The smallest absolute Gasteiger partial charge is 0.263 e. The first-order valence-corrected chi connectivity index (χ1v) is 60.0. The zero-order valence-corrected chi connectivity index (χ0v) is 91.0. The largest absolute Gasteiger partial charge is 0.305 e. The van der Waals surface area contributed by atoms with Crippen molar-refractivity contribution in [1.29, 1.82) is 0 Å². The molecule has 5 amide bonds. The monoisotopic (exact) mass is 1930 g/mol. The predicted octanol–water partition coefficient (Wildman–Crippen LogP) is 39.8. The number of imide groups is 2. The summed E-state index contributed by atoms with van der Waals surface area (Å²) in [7, 11) is 0. The number of carbonyl (C=O) groups excluding carboxylic acids is 5. The van der Waals surface area contributed by atoms with Crippen LogP contribution in [0.4, 0.5) is 0 Å². The fraction of sp³-hybridized carbons (Fsp3) is 0.661. The third kappa shape index (κ3) is 32.9. The van der Waals surface area contributed by atoms with Gasteiger partial charge in [0.15, 0.2) is 0 Å². The second-order valence-corrected chi connectivity index (χ2v) is 48.6. The number of thiophene rings is 8. The second kappa shape index (κ2) is 60.7. The van der Waals surface area contributed by atoms with Gasteiger partial charge >= 0.3 is 0 Å². The number of carbonyl (C=O) groups is 5. The van der Waals surface area contributed by atoms with E-state index < -0.39 is 0 Å². The van der Waals surface area contributed by atoms with Crippen molar-refractivity contribution in [3.8, 4) is 48.8 Å². The van der Waals surface area contributed by atoms with Gasteiger partial charge in [0.2, 0.25) is 0 Å². The lowest BCUT2D eigenvalue weighted by atomic mass is 9.93. The summed E-state index contributed by atoms with van der Waals surface area (Å²) in [5.41, 5.74) is 8.67. The molecule has 131 heavy (non-hydrogen) atoms. The first-order chi connectivity index (χ1) is 63.8. The molecule has 0 N–H and O–H groups in total. The highest BCUT2D eigenvalue weighted by Crippen LogP contribution is 2.53. The third-order valence-corrected chi connectivity index (χ3v) is 37.5. The first kappa shape index (κ1) is 110. The molecule has 8 aromatic rings. The maximum absolute atomic E-state index is 14.6. The Kier molecular flexibility index (Phi) is 50.9. The molecule has 11 heterocycles. The van der Waals surface area contributed by atoms with Crippen LogP contribution in [0.3, 0.4) is 0 Å². The quantitative estimate of drug-likeness (QED) is 0.0280. The molecule has 3 aliphatic rings. The molecule has 1 unspecified atom stereocenters. The van der Waals surface area contributed by atoms with E-state index >= 15 is 0 Å². The maximum Gasteiger partial charge on any atom is 0.263 e. The van der Waals surface area contributed by atoms with Crippen LogP contribution in [0, 0.1) is 47.5 Å². The van der Waals surface area contributed by atoms with Gasteiger partial charge in [-0.1, -0.05) is 370 Å². The number of fused-ring (bicyclic) bond motifs is 3. The molecule has 0 saturated heterocycles. The summed E-state index contributed by atoms with van der Waals surface area (Å²) < 4.78 is 0. The Labute approximate surface area is 829 Å². The van der Waals surface area contributed by atoms with Gasteiger partial charge in [0, 0.05) is 93.3 Å². The molecule has 3 aliphatic heterocycles. The second-order valence-electron chi connectivity index (χ2n) is 38.9. The molecule has 0 bridgehead atoms. The minimum Gasteiger partial charge on any atom is -0.305 e. The van der Waals surface area contributed by atoms with Crippen molar-refractivity contribution in [2.75, 3.05) is 6.54 Å². The summed E-state index contributed by atoms with van der Waals surface area (Å²) in [6.45, 7) is 36.1. The lowest BCUT2D eigenvalue weighted by Gasteiger charge is -2.29. The Morgan fingerprint density at radius 3 is 0.977 bits per heavy atom. The number of hydrogen-bond donors (Lipinski definition) is 0. The van der Waals surface area contributed by atoms with Crippen LogP contribution in [0.1, 0.15) is 513 Å². The standard InChI is InChI=1S/C54H81NOS4.C32H49NO2S2.C29H43NO2S2/c1-8-12-16-18-20-22-24-26-28-30-32-43-38-48(57-41(43)6)46-36-37-47(59-46)49-39-44(33-31-29-27-25-23-21-19-17-13-9-2)52(60-49)53-51-50(42(7)58-53)40(5)55(54(51)56)45(34-14-10-3)35-15-11-4;1-5-7-9-11-13-14-16-18-20-26(19-17-15-12-10-8-6-2)23-33-31(34)28-25(4)37-30(29(28)32(33)35)27-22-21-24(3)36-27;1-5-7-9-11-13-15-17-23(18-16-14-12-10-8-6-2)30-28(31)25-22(4)34-27(26(25)29(30)32)24-20-19-21(3)33-24/h36-39,45H,5,8-35H2,1-4,6-7H3;21-22,26H,5-20,23H2,1-4H3;19-20,23H,5-18H2,1-4H3. The molecule has 0 spiro atoms. The van der Waals surface area contributed by atoms with E-state index in [1.54, 1.807) is 60.7 Å². The van der Waals surface area contributed by atoms with E-state index in [1.807, 2.05) is 59.2 Å². The highest BCUT2D eigenvalue weighted by atomic mass is 32.1. The summed E-state index contributed by atoms with van der Waals surface area (Å²) in [5.74, 6) is 0.403. The fourth-order valence-corrected chi connectivity index (χ4v) is 29.1. The number of nitrogens with zero attached hydrogens (tertiary/aromatic N) is 3. The van der Waals surface area contributed by atoms with Crippen molar-refractivity contribution in [1.82, 2.24) is 14.7 Å². The first-order valence-electron chi connectivity index (χ1n) is 53.4. The number of rotatable bonds is 67. The molecule has 0 saturated carbocycles. The van der Waals surface area contributed by atoms with Crippen LogP contribution < -0.4 is 0 Å². The Morgan fingerprint density at radius 2 is 0.557 bits per heavy atom. The SMILES string of the molecule is C=C1c2c(C)sc(-c3sc(-c4ccc(-c5cc(CCCCCCCCCCCC)c(C)s5)s4)cc3CCCCCCCCCCCC)c2C(=O)N1C(CCCC)CCCC.CCCCCCCCC(CCCCCCCC)N1C(=O)c2c(C)sc(-c3ccc(C)s3)c2C1=O.CCCCCCCCCCC(CCCCCCCC)CN1C(=O)c2c(C)sc(-c3ccc(C)s3)c2C1=O. The van der Waals surface area contributed by atoms with E-state index in [-0.39, 0.29) is 41.6 Å². The summed E-state index contributed by atoms with van der Waals surface area (Å²) in [4.78, 5) is 93.8. The molecule has 726 valence electrons. The van der Waals surface area contributed by atoms with Gasteiger partial charge < -0.3 is 4.90 Å². The Bertz CT molecular complexity index is 4660. The van der Waals surface area contributed by atoms with Gasteiger partial charge in [-0.3, -0.25) is 33.8 Å². The third-order valence-electron chi connectivity index (χ3n) is 27.9. The zero-order chi connectivity index (χ0) is 93.8. The summed E-state index contributed by atoms with van der Waals surface area (Å²) in [6, 6.07) is 18.4. The van der Waals surface area contributed by atoms with Gasteiger partial charge in [-0.05, 0) is 171 Å². The Morgan fingerprint density at radius 1 is 0.252 bits per heavy atom. The number of aryl methyl sites for hydroxylation is 8. The minimum atomic E-state index is -0.0609. The van der Waals surface area contributed by atoms with E-state index in [0.29, 0.717) is 34.7 Å². The van der Waals surface area contributed by atoms with Crippen molar-refractivity contribution in [3.05, 3.63) is 129 Å². The summed E-state index contributed by atoms with van der Waals surface area (Å²) in [5, 5.41) is 0. The molecule has 16 heteroatoms. The maximum atomic E-state index is 14.6. The fourth-order valence-electron chi connectivity index (χ4n) is 20.1. The van der Waals surface area contributed by atoms with Gasteiger partial charge in [-0.25, -0.2) is 0 Å². The van der Waals surface area contributed by atoms with E-state index in [4.69, 9.17) is 0 Å². The molecule has 8 aromatic heterocycles. The average molecular weight is 1930 g/mol. The van der Waals surface area contributed by atoms with Gasteiger partial charge in [0.1, 0.15) is 0 Å². The normalized spacial score (nSPS) is 13.4. The van der Waals surface area contributed by atoms with Crippen LogP contribution in [-0.4, -0.2) is 62.9 Å². The van der Waals surface area contributed by atoms with Gasteiger partial charge in [0.05, 0.1) is 42.4 Å². The topological polar surface area (TPSA) is 95.1 Å². The number of unbranched alkanes of at least 4 members (excludes halogenated alkanes) is 42. The van der Waals surface area contributed by atoms with Gasteiger partial charge in [-0.2, -0.15) is 0 Å². The molecule has 8 nitrogen and oxygen atoms in total. The van der Waals surface area contributed by atoms with E-state index in [9.17, 15) is 24.0 Å². The predicted molar refractivity (Wildman–Crippen MR) is 581 cm³/mol. The van der Waals surface area contributed by atoms with Crippen LogP contribution in [0.15, 0.2) is 55.1 Å². The van der Waals surface area contributed by atoms with Crippen molar-refractivity contribution in [3.63, 3.8) is 0 Å². The lowest BCUT2D eigenvalue weighted by Crippen LogP contribution is -2.40. The molecule has 0 fully saturated rings. The summed E-state index contributed by atoms with van der Waals surface area (Å²) >= 11 is 14.3. The molecule has 0 aliphatic carbocycles. The Hall–Kier alpha value is -4.91. The van der Waals surface area contributed by atoms with Gasteiger partial charge in [0.25, 0.3) is 29.5 Å². The zero-order valence-electron chi connectivity index (χ0n) is 84.4. The highest BCUT2D eigenvalue weighted by Gasteiger charge is 2.46. The van der Waals surface area contributed by atoms with Crippen LogP contribution in [-0.2, 0) is 12.8 Å². The van der Waals surface area contributed by atoms with E-state index in [1.165, 1.54) is 343 Å². The van der Waals surface area contributed by atoms with Crippen LogP contribution in [0.2, 0.25) is 0 Å². The van der Waals surface area contributed by atoms with E-state index in [2.05, 4.69) is 143 Å². The minimum absolute atomic E-state index is 0.0343. The van der Waals surface area contributed by atoms with Crippen molar-refractivity contribution < 1.29 is 24.0 Å². The van der Waals surface area contributed by atoms with Crippen LogP contribution in [0.5, 0.6) is 0 Å². The van der Waals surface area contributed by atoms with Crippen molar-refractivity contribution in [2.45, 2.75) is 481 Å².